The number of hydrogen-bond acceptors (Lipinski definition) is 4. The Morgan fingerprint density at radius 1 is 1.44 bits per heavy atom. The summed E-state index contributed by atoms with van der Waals surface area (Å²) < 4.78 is 1.44. The number of para-hydroxylation sites is 2. The standard InChI is InChI=1S/C13H12N2O3/c1-8(16)12(17)7-10-13(18)15(2)11-6-4-3-5-9(11)14-10/h3-6,16H,1,7H2,2H3. The van der Waals surface area contributed by atoms with Crippen LogP contribution in [0.2, 0.25) is 0 Å². The Hall–Kier alpha value is -2.43. The molecule has 0 unspecified atom stereocenters. The molecule has 5 heteroatoms. The van der Waals surface area contributed by atoms with Gasteiger partial charge < -0.3 is 9.67 Å². The number of ketones is 1. The van der Waals surface area contributed by atoms with Crippen LogP contribution in [0, 0.1) is 0 Å². The first-order valence-corrected chi connectivity index (χ1v) is 5.36. The lowest BCUT2D eigenvalue weighted by Crippen LogP contribution is -2.25. The van der Waals surface area contributed by atoms with E-state index in [0.29, 0.717) is 11.0 Å². The van der Waals surface area contributed by atoms with Gasteiger partial charge in [-0.05, 0) is 12.1 Å². The van der Waals surface area contributed by atoms with Crippen molar-refractivity contribution in [3.05, 3.63) is 52.7 Å². The summed E-state index contributed by atoms with van der Waals surface area (Å²) in [7, 11) is 1.62. The third-order valence-corrected chi connectivity index (χ3v) is 2.70. The van der Waals surface area contributed by atoms with Crippen molar-refractivity contribution < 1.29 is 9.90 Å². The average molecular weight is 244 g/mol. The van der Waals surface area contributed by atoms with E-state index in [-0.39, 0.29) is 17.7 Å². The number of aryl methyl sites for hydroxylation is 1. The van der Waals surface area contributed by atoms with Gasteiger partial charge in [0.25, 0.3) is 5.56 Å². The molecule has 1 aromatic carbocycles. The molecule has 0 radical (unpaired) electrons. The van der Waals surface area contributed by atoms with Crippen LogP contribution in [0.5, 0.6) is 0 Å². The minimum atomic E-state index is -0.602. The molecule has 0 amide bonds. The molecule has 0 atom stereocenters. The van der Waals surface area contributed by atoms with E-state index in [0.717, 1.165) is 0 Å². The minimum Gasteiger partial charge on any atom is -0.505 e. The van der Waals surface area contributed by atoms with Crippen LogP contribution in [0.4, 0.5) is 0 Å². The normalized spacial score (nSPS) is 10.5. The SMILES string of the molecule is C=C(O)C(=O)Cc1nc2ccccc2n(C)c1=O. The van der Waals surface area contributed by atoms with Gasteiger partial charge in [-0.2, -0.15) is 0 Å². The molecule has 18 heavy (non-hydrogen) atoms. The molecule has 1 N–H and O–H groups in total. The highest BCUT2D eigenvalue weighted by molar-refractivity contribution is 5.93. The largest absolute Gasteiger partial charge is 0.505 e. The Kier molecular flexibility index (Phi) is 2.97. The van der Waals surface area contributed by atoms with E-state index in [1.54, 1.807) is 25.2 Å². The number of nitrogens with zero attached hydrogens (tertiary/aromatic N) is 2. The van der Waals surface area contributed by atoms with E-state index in [9.17, 15) is 9.59 Å². The van der Waals surface area contributed by atoms with Gasteiger partial charge >= 0.3 is 0 Å². The zero-order valence-corrected chi connectivity index (χ0v) is 9.88. The fourth-order valence-electron chi connectivity index (χ4n) is 1.71. The number of aliphatic hydroxyl groups is 1. The maximum absolute atomic E-state index is 12.0. The lowest BCUT2D eigenvalue weighted by Gasteiger charge is -2.06. The third-order valence-electron chi connectivity index (χ3n) is 2.70. The van der Waals surface area contributed by atoms with Crippen LogP contribution < -0.4 is 5.56 Å². The van der Waals surface area contributed by atoms with Gasteiger partial charge in [-0.1, -0.05) is 18.7 Å². The number of Topliss-reactive ketones (excluding diaryl/α,β-unsaturated/α-hetero) is 1. The molecule has 0 saturated carbocycles. The van der Waals surface area contributed by atoms with Crippen LogP contribution in [0.25, 0.3) is 11.0 Å². The number of hydrogen-bond donors (Lipinski definition) is 1. The van der Waals surface area contributed by atoms with Gasteiger partial charge in [0.2, 0.25) is 5.78 Å². The second kappa shape index (κ2) is 4.44. The second-order valence-electron chi connectivity index (χ2n) is 3.96. The van der Waals surface area contributed by atoms with Gasteiger partial charge in [-0.15, -0.1) is 0 Å². The fourth-order valence-corrected chi connectivity index (χ4v) is 1.71. The maximum Gasteiger partial charge on any atom is 0.272 e. The Morgan fingerprint density at radius 2 is 2.11 bits per heavy atom. The Morgan fingerprint density at radius 3 is 2.78 bits per heavy atom. The first kappa shape index (κ1) is 12.0. The minimum absolute atomic E-state index is 0.108. The van der Waals surface area contributed by atoms with Crippen LogP contribution >= 0.6 is 0 Å². The van der Waals surface area contributed by atoms with Gasteiger partial charge in [-0.25, -0.2) is 4.98 Å². The first-order chi connectivity index (χ1) is 8.50. The van der Waals surface area contributed by atoms with Crippen LogP contribution in [-0.4, -0.2) is 20.4 Å². The number of carbonyl (C=O) groups excluding carboxylic acids is 1. The quantitative estimate of drug-likeness (QED) is 0.648. The topological polar surface area (TPSA) is 72.2 Å². The van der Waals surface area contributed by atoms with Gasteiger partial charge in [0.05, 0.1) is 17.5 Å². The van der Waals surface area contributed by atoms with Crippen molar-refractivity contribution in [2.45, 2.75) is 6.42 Å². The van der Waals surface area contributed by atoms with E-state index >= 15 is 0 Å². The zero-order valence-electron chi connectivity index (χ0n) is 9.88. The molecule has 0 aliphatic carbocycles. The molecule has 0 bridgehead atoms. The summed E-state index contributed by atoms with van der Waals surface area (Å²) in [4.78, 5) is 27.5. The van der Waals surface area contributed by atoms with Crippen LogP contribution in [-0.2, 0) is 18.3 Å². The molecule has 0 saturated heterocycles. The van der Waals surface area contributed by atoms with Crippen LogP contribution in [0.3, 0.4) is 0 Å². The van der Waals surface area contributed by atoms with Crippen molar-refractivity contribution in [1.29, 1.82) is 0 Å². The van der Waals surface area contributed by atoms with Gasteiger partial charge in [0, 0.05) is 7.05 Å². The van der Waals surface area contributed by atoms with E-state index in [4.69, 9.17) is 5.11 Å². The summed E-state index contributed by atoms with van der Waals surface area (Å²) in [6.45, 7) is 3.14. The van der Waals surface area contributed by atoms with Gasteiger partial charge in [0.15, 0.2) is 5.76 Å². The number of carbonyl (C=O) groups is 1. The van der Waals surface area contributed by atoms with E-state index in [2.05, 4.69) is 11.6 Å². The molecular weight excluding hydrogens is 232 g/mol. The third kappa shape index (κ3) is 2.02. The fraction of sp³-hybridized carbons (Fsp3) is 0.154. The summed E-state index contributed by atoms with van der Waals surface area (Å²) in [5.74, 6) is -1.16. The van der Waals surface area contributed by atoms with E-state index < -0.39 is 11.5 Å². The summed E-state index contributed by atoms with van der Waals surface area (Å²) in [6, 6.07) is 7.15. The summed E-state index contributed by atoms with van der Waals surface area (Å²) in [5, 5.41) is 8.98. The molecule has 0 aliphatic heterocycles. The average Bonchev–Trinajstić information content (AvgIpc) is 2.35. The molecular formula is C13H12N2O3. The van der Waals surface area contributed by atoms with Crippen LogP contribution in [0.1, 0.15) is 5.69 Å². The maximum atomic E-state index is 12.0. The monoisotopic (exact) mass is 244 g/mol. The molecule has 0 aliphatic rings. The Balaban J connectivity index is 2.59. The molecule has 92 valence electrons. The molecule has 1 aromatic heterocycles. The number of rotatable bonds is 3. The predicted molar refractivity (Wildman–Crippen MR) is 67.5 cm³/mol. The van der Waals surface area contributed by atoms with Crippen molar-refractivity contribution in [1.82, 2.24) is 9.55 Å². The zero-order chi connectivity index (χ0) is 13.3. The van der Waals surface area contributed by atoms with Gasteiger partial charge in [0.1, 0.15) is 5.69 Å². The summed E-state index contributed by atoms with van der Waals surface area (Å²) >= 11 is 0. The smallest absolute Gasteiger partial charge is 0.272 e. The molecule has 2 rings (SSSR count). The van der Waals surface area contributed by atoms with Crippen molar-refractivity contribution in [2.75, 3.05) is 0 Å². The molecule has 0 fully saturated rings. The number of benzene rings is 1. The van der Waals surface area contributed by atoms with Crippen molar-refractivity contribution in [3.63, 3.8) is 0 Å². The molecule has 2 aromatic rings. The number of fused-ring (bicyclic) bond motifs is 1. The van der Waals surface area contributed by atoms with Crippen LogP contribution in [0.15, 0.2) is 41.4 Å². The first-order valence-electron chi connectivity index (χ1n) is 5.36. The number of allylic oxidation sites excluding steroid dienone is 1. The Bertz CT molecular complexity index is 701. The summed E-state index contributed by atoms with van der Waals surface area (Å²) in [5.41, 5.74) is 1.09. The highest BCUT2D eigenvalue weighted by atomic mass is 16.3. The summed E-state index contributed by atoms with van der Waals surface area (Å²) in [6.07, 6.45) is -0.243. The van der Waals surface area contributed by atoms with E-state index in [1.165, 1.54) is 4.57 Å². The molecule has 0 spiro atoms. The van der Waals surface area contributed by atoms with Crippen molar-refractivity contribution in [3.8, 4) is 0 Å². The Labute approximate surface area is 103 Å². The highest BCUT2D eigenvalue weighted by Gasteiger charge is 2.13. The van der Waals surface area contributed by atoms with Crippen molar-refractivity contribution in [2.24, 2.45) is 7.05 Å². The van der Waals surface area contributed by atoms with Gasteiger partial charge in [-0.3, -0.25) is 9.59 Å². The predicted octanol–water partition coefficient (Wildman–Crippen LogP) is 1.12. The lowest BCUT2D eigenvalue weighted by atomic mass is 10.2. The second-order valence-corrected chi connectivity index (χ2v) is 3.96. The van der Waals surface area contributed by atoms with E-state index in [1.807, 2.05) is 6.07 Å². The molecule has 5 nitrogen and oxygen atoms in total. The lowest BCUT2D eigenvalue weighted by molar-refractivity contribution is -0.117. The molecule has 1 heterocycles. The highest BCUT2D eigenvalue weighted by Crippen LogP contribution is 2.09. The number of aliphatic hydroxyl groups excluding tert-OH is 1. The van der Waals surface area contributed by atoms with Crippen molar-refractivity contribution >= 4 is 16.8 Å². The number of aromatic nitrogens is 2.